The van der Waals surface area contributed by atoms with Crippen molar-refractivity contribution in [3.8, 4) is 11.8 Å². The van der Waals surface area contributed by atoms with Crippen LogP contribution >= 0.6 is 0 Å². The van der Waals surface area contributed by atoms with Crippen LogP contribution in [0, 0.1) is 11.3 Å². The molecule has 3 nitrogen and oxygen atoms in total. The molecule has 0 fully saturated rings. The van der Waals surface area contributed by atoms with Crippen LogP contribution < -0.4 is 10.1 Å². The Balaban J connectivity index is 2.30. The zero-order chi connectivity index (χ0) is 9.97. The molecule has 1 aliphatic heterocycles. The van der Waals surface area contributed by atoms with Crippen molar-refractivity contribution in [2.24, 2.45) is 0 Å². The lowest BCUT2D eigenvalue weighted by molar-refractivity contribution is 0.304. The molecule has 1 N–H and O–H groups in total. The molecule has 72 valence electrons. The summed E-state index contributed by atoms with van der Waals surface area (Å²) in [6, 6.07) is 7.96. The third-order valence-electron chi connectivity index (χ3n) is 2.34. The molecule has 0 spiro atoms. The molecule has 0 aliphatic carbocycles. The number of hydrogen-bond acceptors (Lipinski definition) is 3. The van der Waals surface area contributed by atoms with E-state index >= 15 is 0 Å². The summed E-state index contributed by atoms with van der Waals surface area (Å²) in [7, 11) is 0. The van der Waals surface area contributed by atoms with Gasteiger partial charge in [-0.05, 0) is 24.1 Å². The lowest BCUT2D eigenvalue weighted by atomic mass is 10.1. The number of nitrogens with one attached hydrogen (secondary N) is 1. The van der Waals surface area contributed by atoms with Crippen molar-refractivity contribution in [2.75, 3.05) is 11.9 Å². The van der Waals surface area contributed by atoms with E-state index in [-0.39, 0.29) is 6.04 Å². The first-order valence-corrected chi connectivity index (χ1v) is 4.75. The summed E-state index contributed by atoms with van der Waals surface area (Å²) in [6.07, 6.45) is 0.992. The van der Waals surface area contributed by atoms with Crippen molar-refractivity contribution in [1.82, 2.24) is 0 Å². The van der Waals surface area contributed by atoms with E-state index in [9.17, 15) is 0 Å². The Morgan fingerprint density at radius 1 is 1.64 bits per heavy atom. The van der Waals surface area contributed by atoms with Crippen molar-refractivity contribution in [3.63, 3.8) is 0 Å². The van der Waals surface area contributed by atoms with Gasteiger partial charge in [-0.1, -0.05) is 13.0 Å². The van der Waals surface area contributed by atoms with Crippen molar-refractivity contribution in [2.45, 2.75) is 19.4 Å². The maximum atomic E-state index is 8.75. The first kappa shape index (κ1) is 8.89. The lowest BCUT2D eigenvalue weighted by Gasteiger charge is -2.23. The van der Waals surface area contributed by atoms with Gasteiger partial charge >= 0.3 is 0 Å². The highest BCUT2D eigenvalue weighted by atomic mass is 16.5. The predicted molar refractivity (Wildman–Crippen MR) is 54.3 cm³/mol. The number of ether oxygens (including phenoxy) is 1. The van der Waals surface area contributed by atoms with E-state index in [1.54, 1.807) is 0 Å². The highest BCUT2D eigenvalue weighted by Gasteiger charge is 2.17. The van der Waals surface area contributed by atoms with Crippen LogP contribution in [0.25, 0.3) is 0 Å². The van der Waals surface area contributed by atoms with Crippen molar-refractivity contribution < 1.29 is 4.74 Å². The van der Waals surface area contributed by atoms with Gasteiger partial charge in [-0.2, -0.15) is 5.26 Å². The Kier molecular flexibility index (Phi) is 2.28. The number of hydrogen-bond donors (Lipinski definition) is 1. The Hall–Kier alpha value is -1.69. The third kappa shape index (κ3) is 1.51. The van der Waals surface area contributed by atoms with E-state index in [1.165, 1.54) is 5.56 Å². The number of fused-ring (bicyclic) bond motifs is 1. The fourth-order valence-corrected chi connectivity index (χ4v) is 1.51. The molecule has 0 aromatic heterocycles. The first-order valence-electron chi connectivity index (χ1n) is 4.75. The number of aryl methyl sites for hydroxylation is 1. The van der Waals surface area contributed by atoms with Gasteiger partial charge < -0.3 is 10.1 Å². The number of anilines is 1. The quantitative estimate of drug-likeness (QED) is 0.732. The predicted octanol–water partition coefficient (Wildman–Crippen LogP) is 1.95. The summed E-state index contributed by atoms with van der Waals surface area (Å²) in [5.41, 5.74) is 2.18. The minimum absolute atomic E-state index is 0.227. The average molecular weight is 188 g/mol. The molecule has 2 rings (SSSR count). The Labute approximate surface area is 83.3 Å². The maximum Gasteiger partial charge on any atom is 0.149 e. The number of nitrogens with zero attached hydrogens (tertiary/aromatic N) is 1. The van der Waals surface area contributed by atoms with Crippen LogP contribution in [0.4, 0.5) is 5.69 Å². The second kappa shape index (κ2) is 3.59. The number of rotatable bonds is 1. The van der Waals surface area contributed by atoms with Crippen LogP contribution in [0.5, 0.6) is 5.75 Å². The minimum atomic E-state index is -0.227. The van der Waals surface area contributed by atoms with E-state index in [2.05, 4.69) is 18.3 Å². The second-order valence-electron chi connectivity index (χ2n) is 3.32. The molecule has 14 heavy (non-hydrogen) atoms. The summed E-state index contributed by atoms with van der Waals surface area (Å²) in [5, 5.41) is 11.9. The van der Waals surface area contributed by atoms with Crippen LogP contribution in [0.3, 0.4) is 0 Å². The molecule has 1 unspecified atom stereocenters. The molecular weight excluding hydrogens is 176 g/mol. The van der Waals surface area contributed by atoms with Gasteiger partial charge in [0.1, 0.15) is 18.4 Å². The van der Waals surface area contributed by atoms with Gasteiger partial charge in [-0.15, -0.1) is 0 Å². The molecule has 0 saturated carbocycles. The van der Waals surface area contributed by atoms with Crippen molar-refractivity contribution in [3.05, 3.63) is 23.8 Å². The summed E-state index contributed by atoms with van der Waals surface area (Å²) in [6.45, 7) is 2.53. The molecule has 1 aliphatic rings. The topological polar surface area (TPSA) is 45.0 Å². The monoisotopic (exact) mass is 188 g/mol. The summed E-state index contributed by atoms with van der Waals surface area (Å²) in [4.78, 5) is 0. The first-order chi connectivity index (χ1) is 6.83. The Morgan fingerprint density at radius 3 is 3.21 bits per heavy atom. The zero-order valence-electron chi connectivity index (χ0n) is 8.08. The summed E-state index contributed by atoms with van der Waals surface area (Å²) in [5.74, 6) is 0.841. The van der Waals surface area contributed by atoms with E-state index in [0.29, 0.717) is 6.61 Å². The molecule has 1 atom stereocenters. The zero-order valence-corrected chi connectivity index (χ0v) is 8.08. The van der Waals surface area contributed by atoms with Crippen LogP contribution in [0.2, 0.25) is 0 Å². The standard InChI is InChI=1S/C11H12N2O/c1-2-8-3-4-11-10(5-8)13-9(6-12)7-14-11/h3-5,9,13H,2,7H2,1H3. The Morgan fingerprint density at radius 2 is 2.50 bits per heavy atom. The third-order valence-corrected chi connectivity index (χ3v) is 2.34. The molecule has 0 amide bonds. The average Bonchev–Trinajstić information content (AvgIpc) is 2.27. The maximum absolute atomic E-state index is 8.75. The summed E-state index contributed by atoms with van der Waals surface area (Å²) < 4.78 is 5.44. The van der Waals surface area contributed by atoms with Gasteiger partial charge in [-0.3, -0.25) is 0 Å². The number of benzene rings is 1. The van der Waals surface area contributed by atoms with Crippen LogP contribution in [0.1, 0.15) is 12.5 Å². The largest absolute Gasteiger partial charge is 0.488 e. The summed E-state index contributed by atoms with van der Waals surface area (Å²) >= 11 is 0. The van der Waals surface area contributed by atoms with Gasteiger partial charge in [-0.25, -0.2) is 0 Å². The minimum Gasteiger partial charge on any atom is -0.488 e. The van der Waals surface area contributed by atoms with Crippen molar-refractivity contribution >= 4 is 5.69 Å². The van der Waals surface area contributed by atoms with E-state index in [0.717, 1.165) is 17.9 Å². The van der Waals surface area contributed by atoms with Crippen LogP contribution in [-0.4, -0.2) is 12.6 Å². The lowest BCUT2D eigenvalue weighted by Crippen LogP contribution is -2.29. The molecule has 0 radical (unpaired) electrons. The molecule has 1 heterocycles. The van der Waals surface area contributed by atoms with Crippen molar-refractivity contribution in [1.29, 1.82) is 5.26 Å². The molecule has 1 aromatic rings. The SMILES string of the molecule is CCc1ccc2c(c1)NC(C#N)CO2. The van der Waals surface area contributed by atoms with Crippen LogP contribution in [-0.2, 0) is 6.42 Å². The molecule has 0 saturated heterocycles. The molecule has 1 aromatic carbocycles. The highest BCUT2D eigenvalue weighted by molar-refractivity contribution is 5.60. The van der Waals surface area contributed by atoms with Gasteiger partial charge in [0.05, 0.1) is 11.8 Å². The fraction of sp³-hybridized carbons (Fsp3) is 0.364. The van der Waals surface area contributed by atoms with E-state index in [1.807, 2.05) is 18.2 Å². The number of nitriles is 1. The van der Waals surface area contributed by atoms with Gasteiger partial charge in [0, 0.05) is 0 Å². The van der Waals surface area contributed by atoms with E-state index in [4.69, 9.17) is 10.00 Å². The fourth-order valence-electron chi connectivity index (χ4n) is 1.51. The normalized spacial score (nSPS) is 18.7. The Bertz CT molecular complexity index is 381. The molecule has 0 bridgehead atoms. The van der Waals surface area contributed by atoms with Gasteiger partial charge in [0.25, 0.3) is 0 Å². The van der Waals surface area contributed by atoms with Gasteiger partial charge in [0.15, 0.2) is 0 Å². The van der Waals surface area contributed by atoms with Gasteiger partial charge in [0.2, 0.25) is 0 Å². The smallest absolute Gasteiger partial charge is 0.149 e. The highest BCUT2D eigenvalue weighted by Crippen LogP contribution is 2.29. The second-order valence-corrected chi connectivity index (χ2v) is 3.32. The molecule has 3 heteroatoms. The molecular formula is C11H12N2O. The van der Waals surface area contributed by atoms with E-state index < -0.39 is 0 Å². The van der Waals surface area contributed by atoms with Crippen LogP contribution in [0.15, 0.2) is 18.2 Å².